The van der Waals surface area contributed by atoms with Crippen molar-refractivity contribution in [3.8, 4) is 0 Å². The molecular weight excluding hydrogens is 224 g/mol. The maximum absolute atomic E-state index is 11.6. The summed E-state index contributed by atoms with van der Waals surface area (Å²) in [6.45, 7) is 5.31. The van der Waals surface area contributed by atoms with Crippen LogP contribution in [-0.2, 0) is 16.0 Å². The molecule has 0 aromatic carbocycles. The minimum absolute atomic E-state index is 0.00860. The summed E-state index contributed by atoms with van der Waals surface area (Å²) in [5, 5.41) is 8.52. The Morgan fingerprint density at radius 3 is 2.65 bits per heavy atom. The average molecular weight is 240 g/mol. The molecule has 1 aromatic rings. The molecule has 94 valence electrons. The lowest BCUT2D eigenvalue weighted by Gasteiger charge is -2.19. The van der Waals surface area contributed by atoms with Crippen LogP contribution in [0.5, 0.6) is 0 Å². The standard InChI is InChI=1S/C11H16N2O4/c1-11(2,3)17-10(16)13-6-8(12-7-13)4-5-9(14)15/h6-7H,4-5H2,1-3H3,(H,14,15). The zero-order valence-electron chi connectivity index (χ0n) is 10.1. The average Bonchev–Trinajstić information content (AvgIpc) is 2.60. The van der Waals surface area contributed by atoms with Crippen LogP contribution in [0.1, 0.15) is 32.9 Å². The largest absolute Gasteiger partial charge is 0.481 e. The molecule has 6 heteroatoms. The molecule has 0 aliphatic carbocycles. The highest BCUT2D eigenvalue weighted by Crippen LogP contribution is 2.09. The van der Waals surface area contributed by atoms with Gasteiger partial charge in [-0.3, -0.25) is 4.79 Å². The van der Waals surface area contributed by atoms with Crippen LogP contribution in [0, 0.1) is 0 Å². The van der Waals surface area contributed by atoms with Gasteiger partial charge in [0, 0.05) is 12.6 Å². The summed E-state index contributed by atoms with van der Waals surface area (Å²) < 4.78 is 6.34. The van der Waals surface area contributed by atoms with Gasteiger partial charge in [-0.25, -0.2) is 14.3 Å². The Hall–Kier alpha value is -1.85. The molecule has 0 fully saturated rings. The number of carbonyl (C=O) groups is 2. The monoisotopic (exact) mass is 240 g/mol. The van der Waals surface area contributed by atoms with Crippen molar-refractivity contribution in [2.24, 2.45) is 0 Å². The number of aliphatic carboxylic acids is 1. The van der Waals surface area contributed by atoms with Crippen molar-refractivity contribution in [3.63, 3.8) is 0 Å². The molecule has 0 spiro atoms. The summed E-state index contributed by atoms with van der Waals surface area (Å²) in [6, 6.07) is 0. The van der Waals surface area contributed by atoms with Gasteiger partial charge in [0.1, 0.15) is 11.9 Å². The van der Waals surface area contributed by atoms with Crippen molar-refractivity contribution in [1.29, 1.82) is 0 Å². The Bertz CT molecular complexity index is 417. The van der Waals surface area contributed by atoms with Gasteiger partial charge in [0.15, 0.2) is 0 Å². The Kier molecular flexibility index (Phi) is 3.88. The number of imidazole rings is 1. The molecule has 6 nitrogen and oxygen atoms in total. The van der Waals surface area contributed by atoms with Crippen LogP contribution in [0.15, 0.2) is 12.5 Å². The van der Waals surface area contributed by atoms with Gasteiger partial charge in [-0.2, -0.15) is 0 Å². The second kappa shape index (κ2) is 4.99. The van der Waals surface area contributed by atoms with Crippen molar-refractivity contribution in [3.05, 3.63) is 18.2 Å². The first-order valence-corrected chi connectivity index (χ1v) is 5.26. The maximum atomic E-state index is 11.6. The third-order valence-corrected chi connectivity index (χ3v) is 1.84. The number of ether oxygens (including phenoxy) is 1. The van der Waals surface area contributed by atoms with Crippen molar-refractivity contribution in [1.82, 2.24) is 9.55 Å². The summed E-state index contributed by atoms with van der Waals surface area (Å²) in [5.74, 6) is -0.892. The summed E-state index contributed by atoms with van der Waals surface area (Å²) in [5.41, 5.74) is -0.0129. The molecule has 0 saturated heterocycles. The predicted octanol–water partition coefficient (Wildman–Crippen LogP) is 1.68. The summed E-state index contributed by atoms with van der Waals surface area (Å²) >= 11 is 0. The van der Waals surface area contributed by atoms with Crippen LogP contribution in [0.3, 0.4) is 0 Å². The molecule has 0 radical (unpaired) electrons. The van der Waals surface area contributed by atoms with E-state index in [0.717, 1.165) is 0 Å². The van der Waals surface area contributed by atoms with Gasteiger partial charge in [0.25, 0.3) is 0 Å². The van der Waals surface area contributed by atoms with Crippen LogP contribution in [0.4, 0.5) is 4.79 Å². The minimum Gasteiger partial charge on any atom is -0.481 e. The van der Waals surface area contributed by atoms with Crippen LogP contribution in [0.25, 0.3) is 0 Å². The molecule has 0 atom stereocenters. The highest BCUT2D eigenvalue weighted by atomic mass is 16.6. The Labute approximate surface area is 99.2 Å². The Morgan fingerprint density at radius 2 is 2.12 bits per heavy atom. The van der Waals surface area contributed by atoms with Crippen LogP contribution >= 0.6 is 0 Å². The first-order chi connectivity index (χ1) is 7.78. The van der Waals surface area contributed by atoms with E-state index in [0.29, 0.717) is 12.1 Å². The van der Waals surface area contributed by atoms with E-state index in [9.17, 15) is 9.59 Å². The first kappa shape index (κ1) is 13.2. The molecule has 0 amide bonds. The number of carbonyl (C=O) groups excluding carboxylic acids is 1. The lowest BCUT2D eigenvalue weighted by atomic mass is 10.2. The number of hydrogen-bond donors (Lipinski definition) is 1. The molecule has 0 unspecified atom stereocenters. The molecule has 0 aliphatic heterocycles. The number of carboxylic acids is 1. The van der Waals surface area contributed by atoms with Crippen molar-refractivity contribution < 1.29 is 19.4 Å². The van der Waals surface area contributed by atoms with Crippen molar-refractivity contribution >= 4 is 12.1 Å². The van der Waals surface area contributed by atoms with E-state index in [-0.39, 0.29) is 6.42 Å². The van der Waals surface area contributed by atoms with Crippen molar-refractivity contribution in [2.75, 3.05) is 0 Å². The molecule has 0 saturated carbocycles. The van der Waals surface area contributed by atoms with E-state index in [2.05, 4.69) is 4.98 Å². The van der Waals surface area contributed by atoms with Gasteiger partial charge in [-0.05, 0) is 20.8 Å². The zero-order valence-corrected chi connectivity index (χ0v) is 10.1. The van der Waals surface area contributed by atoms with Gasteiger partial charge >= 0.3 is 12.1 Å². The van der Waals surface area contributed by atoms with Crippen LogP contribution < -0.4 is 0 Å². The predicted molar refractivity (Wildman–Crippen MR) is 59.8 cm³/mol. The minimum atomic E-state index is -0.892. The quantitative estimate of drug-likeness (QED) is 0.869. The summed E-state index contributed by atoms with van der Waals surface area (Å²) in [4.78, 5) is 25.9. The lowest BCUT2D eigenvalue weighted by molar-refractivity contribution is -0.136. The highest BCUT2D eigenvalue weighted by molar-refractivity contribution is 5.71. The fraction of sp³-hybridized carbons (Fsp3) is 0.545. The summed E-state index contributed by atoms with van der Waals surface area (Å²) in [6.07, 6.45) is 2.57. The van der Waals surface area contributed by atoms with Gasteiger partial charge in [0.05, 0.1) is 12.1 Å². The number of nitrogens with zero attached hydrogens (tertiary/aromatic N) is 2. The number of carboxylic acid groups (broad SMARTS) is 1. The van der Waals surface area contributed by atoms with Crippen molar-refractivity contribution in [2.45, 2.75) is 39.2 Å². The molecule has 0 aliphatic rings. The molecule has 0 bridgehead atoms. The number of aromatic nitrogens is 2. The van der Waals surface area contributed by atoms with E-state index in [1.165, 1.54) is 17.1 Å². The second-order valence-corrected chi connectivity index (χ2v) is 4.65. The molecule has 1 N–H and O–H groups in total. The molecular formula is C11H16N2O4. The first-order valence-electron chi connectivity index (χ1n) is 5.26. The fourth-order valence-electron chi connectivity index (χ4n) is 1.14. The van der Waals surface area contributed by atoms with Gasteiger partial charge < -0.3 is 9.84 Å². The molecule has 1 heterocycles. The maximum Gasteiger partial charge on any atom is 0.419 e. The molecule has 17 heavy (non-hydrogen) atoms. The van der Waals surface area contributed by atoms with E-state index >= 15 is 0 Å². The zero-order chi connectivity index (χ0) is 13.1. The van der Waals surface area contributed by atoms with Crippen LogP contribution in [0.2, 0.25) is 0 Å². The topological polar surface area (TPSA) is 81.4 Å². The normalized spacial score (nSPS) is 11.2. The second-order valence-electron chi connectivity index (χ2n) is 4.65. The lowest BCUT2D eigenvalue weighted by Crippen LogP contribution is -2.26. The van der Waals surface area contributed by atoms with E-state index < -0.39 is 17.7 Å². The third kappa shape index (κ3) is 4.67. The van der Waals surface area contributed by atoms with E-state index in [1.54, 1.807) is 20.8 Å². The third-order valence-electron chi connectivity index (χ3n) is 1.84. The molecule has 1 rings (SSSR count). The Balaban J connectivity index is 2.61. The number of aryl methyl sites for hydroxylation is 1. The highest BCUT2D eigenvalue weighted by Gasteiger charge is 2.18. The van der Waals surface area contributed by atoms with Gasteiger partial charge in [-0.15, -0.1) is 0 Å². The summed E-state index contributed by atoms with van der Waals surface area (Å²) in [7, 11) is 0. The number of hydrogen-bond acceptors (Lipinski definition) is 4. The smallest absolute Gasteiger partial charge is 0.419 e. The van der Waals surface area contributed by atoms with Crippen LogP contribution in [-0.4, -0.2) is 32.3 Å². The SMILES string of the molecule is CC(C)(C)OC(=O)n1cnc(CCC(=O)O)c1. The fourth-order valence-corrected chi connectivity index (χ4v) is 1.14. The van der Waals surface area contributed by atoms with E-state index in [4.69, 9.17) is 9.84 Å². The molecule has 1 aromatic heterocycles. The van der Waals surface area contributed by atoms with E-state index in [1.807, 2.05) is 0 Å². The van der Waals surface area contributed by atoms with Gasteiger partial charge in [-0.1, -0.05) is 0 Å². The Morgan fingerprint density at radius 1 is 1.47 bits per heavy atom. The van der Waals surface area contributed by atoms with Gasteiger partial charge in [0.2, 0.25) is 0 Å². The number of rotatable bonds is 3.